The molecule has 6 N–H and O–H groups in total. The predicted molar refractivity (Wildman–Crippen MR) is 160 cm³/mol. The fourth-order valence-electron chi connectivity index (χ4n) is 5.01. The van der Waals surface area contributed by atoms with E-state index < -0.39 is 35.9 Å². The van der Waals surface area contributed by atoms with Gasteiger partial charge in [0.2, 0.25) is 17.7 Å². The number of carbonyl (C=O) groups is 4. The van der Waals surface area contributed by atoms with Gasteiger partial charge in [-0.05, 0) is 55.0 Å². The minimum Gasteiger partial charge on any atom is -0.480 e. The molecule has 1 saturated heterocycles. The highest BCUT2D eigenvalue weighted by Gasteiger charge is 2.32. The molecule has 2 heterocycles. The zero-order chi connectivity index (χ0) is 29.2. The summed E-state index contributed by atoms with van der Waals surface area (Å²) in [5.74, 6) is -1.96. The molecular weight excluding hydrogens is 542 g/mol. The first-order valence-electron chi connectivity index (χ1n) is 13.8. The molecule has 1 aliphatic heterocycles. The van der Waals surface area contributed by atoms with Crippen LogP contribution in [-0.2, 0) is 32.0 Å². The van der Waals surface area contributed by atoms with Crippen molar-refractivity contribution in [3.8, 4) is 0 Å². The van der Waals surface area contributed by atoms with Gasteiger partial charge in [0.15, 0.2) is 0 Å². The largest absolute Gasteiger partial charge is 0.480 e. The molecule has 4 rings (SSSR count). The van der Waals surface area contributed by atoms with Crippen LogP contribution < -0.4 is 21.3 Å². The molecule has 2 aromatic carbocycles. The predicted octanol–water partition coefficient (Wildman–Crippen LogP) is 2.00. The molecule has 1 fully saturated rings. The van der Waals surface area contributed by atoms with Crippen molar-refractivity contribution in [3.63, 3.8) is 0 Å². The number of aromatic nitrogens is 1. The first-order valence-corrected chi connectivity index (χ1v) is 15.2. The van der Waals surface area contributed by atoms with Gasteiger partial charge in [0.25, 0.3) is 0 Å². The highest BCUT2D eigenvalue weighted by Crippen LogP contribution is 2.19. The molecule has 1 aromatic heterocycles. The van der Waals surface area contributed by atoms with Crippen molar-refractivity contribution in [2.75, 3.05) is 18.6 Å². The van der Waals surface area contributed by atoms with E-state index in [1.165, 1.54) is 11.8 Å². The van der Waals surface area contributed by atoms with Gasteiger partial charge in [-0.25, -0.2) is 4.79 Å². The average Bonchev–Trinajstić information content (AvgIpc) is 3.66. The lowest BCUT2D eigenvalue weighted by Crippen LogP contribution is -2.58. The maximum Gasteiger partial charge on any atom is 0.326 e. The molecule has 0 bridgehead atoms. The molecule has 4 unspecified atom stereocenters. The third-order valence-electron chi connectivity index (χ3n) is 7.25. The molecule has 41 heavy (non-hydrogen) atoms. The molecule has 3 aromatic rings. The second-order valence-electron chi connectivity index (χ2n) is 10.2. The van der Waals surface area contributed by atoms with Crippen molar-refractivity contribution in [1.29, 1.82) is 0 Å². The molecule has 4 atom stereocenters. The van der Waals surface area contributed by atoms with E-state index in [0.29, 0.717) is 12.2 Å². The summed E-state index contributed by atoms with van der Waals surface area (Å²) in [6.07, 6.45) is 5.82. The maximum absolute atomic E-state index is 13.7. The number of thioether (sulfide) groups is 1. The molecule has 0 aliphatic carbocycles. The summed E-state index contributed by atoms with van der Waals surface area (Å²) >= 11 is 1.49. The van der Waals surface area contributed by atoms with E-state index >= 15 is 0 Å². The molecule has 10 nitrogen and oxygen atoms in total. The minimum atomic E-state index is -1.14. The van der Waals surface area contributed by atoms with E-state index in [2.05, 4.69) is 26.3 Å². The highest BCUT2D eigenvalue weighted by atomic mass is 32.2. The topological polar surface area (TPSA) is 152 Å². The normalized spacial score (nSPS) is 17.0. The molecule has 1 aliphatic rings. The third-order valence-corrected chi connectivity index (χ3v) is 7.89. The summed E-state index contributed by atoms with van der Waals surface area (Å²) in [7, 11) is 0. The highest BCUT2D eigenvalue weighted by molar-refractivity contribution is 7.98. The Morgan fingerprint density at radius 3 is 2.29 bits per heavy atom. The number of nitrogens with one attached hydrogen (secondary N) is 5. The van der Waals surface area contributed by atoms with Crippen LogP contribution in [-0.4, -0.2) is 76.5 Å². The van der Waals surface area contributed by atoms with Crippen LogP contribution in [0.5, 0.6) is 0 Å². The van der Waals surface area contributed by atoms with Crippen molar-refractivity contribution in [3.05, 3.63) is 71.9 Å². The SMILES string of the molecule is CSCCC(NC(=O)C(Cc1c[nH]c2ccccc12)NC(=O)C(Cc1ccccc1)NC(=O)C1CCCN1)C(=O)O. The van der Waals surface area contributed by atoms with Crippen molar-refractivity contribution >= 4 is 46.4 Å². The van der Waals surface area contributed by atoms with Gasteiger partial charge >= 0.3 is 5.97 Å². The molecule has 3 amide bonds. The summed E-state index contributed by atoms with van der Waals surface area (Å²) in [6, 6.07) is 13.5. The van der Waals surface area contributed by atoms with E-state index in [4.69, 9.17) is 0 Å². The van der Waals surface area contributed by atoms with Crippen molar-refractivity contribution in [2.45, 2.75) is 56.3 Å². The third kappa shape index (κ3) is 8.34. The number of aliphatic carboxylic acids is 1. The van der Waals surface area contributed by atoms with Crippen LogP contribution in [0.3, 0.4) is 0 Å². The number of carboxylic acids is 1. The van der Waals surface area contributed by atoms with Crippen LogP contribution in [0.2, 0.25) is 0 Å². The van der Waals surface area contributed by atoms with E-state index in [0.717, 1.165) is 35.0 Å². The number of fused-ring (bicyclic) bond motifs is 1. The van der Waals surface area contributed by atoms with E-state index in [1.807, 2.05) is 60.9 Å². The zero-order valence-corrected chi connectivity index (χ0v) is 23.8. The summed E-state index contributed by atoms with van der Waals surface area (Å²) in [5.41, 5.74) is 2.54. The number of hydrogen-bond acceptors (Lipinski definition) is 6. The van der Waals surface area contributed by atoms with Gasteiger partial charge in [0, 0.05) is 29.9 Å². The number of para-hydroxylation sites is 1. The smallest absolute Gasteiger partial charge is 0.326 e. The van der Waals surface area contributed by atoms with Crippen LogP contribution in [0.25, 0.3) is 10.9 Å². The van der Waals surface area contributed by atoms with E-state index in [-0.39, 0.29) is 31.2 Å². The monoisotopic (exact) mass is 579 g/mol. The van der Waals surface area contributed by atoms with Crippen LogP contribution in [0.15, 0.2) is 60.8 Å². The lowest BCUT2D eigenvalue weighted by molar-refractivity contribution is -0.142. The summed E-state index contributed by atoms with van der Waals surface area (Å²) < 4.78 is 0. The van der Waals surface area contributed by atoms with Gasteiger partial charge in [-0.15, -0.1) is 0 Å². The lowest BCUT2D eigenvalue weighted by Gasteiger charge is -2.25. The molecular formula is C30H37N5O5S. The van der Waals surface area contributed by atoms with Crippen molar-refractivity contribution in [1.82, 2.24) is 26.3 Å². The van der Waals surface area contributed by atoms with Crippen molar-refractivity contribution < 1.29 is 24.3 Å². The van der Waals surface area contributed by atoms with Crippen LogP contribution in [0.1, 0.15) is 30.4 Å². The van der Waals surface area contributed by atoms with Crippen molar-refractivity contribution in [2.24, 2.45) is 0 Å². The quantitative estimate of drug-likeness (QED) is 0.171. The fourth-order valence-corrected chi connectivity index (χ4v) is 5.48. The van der Waals surface area contributed by atoms with Crippen LogP contribution >= 0.6 is 11.8 Å². The molecule has 0 saturated carbocycles. The Morgan fingerprint density at radius 2 is 1.61 bits per heavy atom. The first-order chi connectivity index (χ1) is 19.9. The second kappa shape index (κ2) is 14.7. The Hall–Kier alpha value is -3.83. The summed E-state index contributed by atoms with van der Waals surface area (Å²) in [5, 5.41) is 22.1. The lowest BCUT2D eigenvalue weighted by atomic mass is 10.0. The molecule has 0 spiro atoms. The number of carbonyl (C=O) groups excluding carboxylic acids is 3. The Labute approximate surface area is 243 Å². The Kier molecular flexibility index (Phi) is 10.8. The standard InChI is InChI=1S/C30H37N5O5S/c1-41-15-13-24(30(39)40)33-29(38)26(17-20-18-32-22-11-6-5-10-21(20)22)35-28(37)25(16-19-8-3-2-4-9-19)34-27(36)23-12-7-14-31-23/h2-6,8-11,18,23-26,31-32H,7,12-17H2,1H3,(H,33,38)(H,34,36)(H,35,37)(H,39,40). The summed E-state index contributed by atoms with van der Waals surface area (Å²) in [6.45, 7) is 0.738. The first kappa shape index (κ1) is 30.1. The number of amides is 3. The van der Waals surface area contributed by atoms with Gasteiger partial charge < -0.3 is 31.4 Å². The van der Waals surface area contributed by atoms with Gasteiger partial charge in [0.1, 0.15) is 18.1 Å². The minimum absolute atomic E-state index is 0.132. The van der Waals surface area contributed by atoms with Gasteiger partial charge in [-0.3, -0.25) is 14.4 Å². The Bertz CT molecular complexity index is 1340. The Morgan fingerprint density at radius 1 is 0.927 bits per heavy atom. The number of H-pyrrole nitrogens is 1. The molecule has 0 radical (unpaired) electrons. The van der Waals surface area contributed by atoms with Crippen LogP contribution in [0.4, 0.5) is 0 Å². The van der Waals surface area contributed by atoms with Gasteiger partial charge in [-0.1, -0.05) is 48.5 Å². The molecule has 11 heteroatoms. The summed E-state index contributed by atoms with van der Waals surface area (Å²) in [4.78, 5) is 55.3. The number of hydrogen-bond donors (Lipinski definition) is 6. The second-order valence-corrected chi connectivity index (χ2v) is 11.2. The van der Waals surface area contributed by atoms with E-state index in [9.17, 15) is 24.3 Å². The zero-order valence-electron chi connectivity index (χ0n) is 23.0. The average molecular weight is 580 g/mol. The van der Waals surface area contributed by atoms with Gasteiger partial charge in [-0.2, -0.15) is 11.8 Å². The molecule has 218 valence electrons. The number of rotatable bonds is 14. The number of benzene rings is 2. The number of aromatic amines is 1. The van der Waals surface area contributed by atoms with Crippen LogP contribution in [0, 0.1) is 0 Å². The van der Waals surface area contributed by atoms with E-state index in [1.54, 1.807) is 6.20 Å². The fraction of sp³-hybridized carbons (Fsp3) is 0.400. The number of carboxylic acid groups (broad SMARTS) is 1. The Balaban J connectivity index is 1.57. The van der Waals surface area contributed by atoms with Gasteiger partial charge in [0.05, 0.1) is 6.04 Å². The maximum atomic E-state index is 13.7.